The van der Waals surface area contributed by atoms with E-state index in [1.165, 1.54) is 32.1 Å². The molecule has 5 heteroatoms. The topological polar surface area (TPSA) is 63.4 Å². The first-order valence-corrected chi connectivity index (χ1v) is 9.02. The molecule has 1 heterocycles. The van der Waals surface area contributed by atoms with Crippen molar-refractivity contribution in [2.75, 3.05) is 24.6 Å². The van der Waals surface area contributed by atoms with E-state index in [0.29, 0.717) is 30.0 Å². The van der Waals surface area contributed by atoms with Crippen molar-refractivity contribution >= 4 is 9.84 Å². The minimum absolute atomic E-state index is 0.154. The third-order valence-electron chi connectivity index (χ3n) is 4.57. The van der Waals surface area contributed by atoms with Crippen LogP contribution in [0.25, 0.3) is 0 Å². The maximum absolute atomic E-state index is 11.7. The van der Waals surface area contributed by atoms with Gasteiger partial charge in [-0.25, -0.2) is 8.42 Å². The van der Waals surface area contributed by atoms with E-state index in [9.17, 15) is 8.42 Å². The number of nitrogens with two attached hydrogens (primary N) is 1. The monoisotopic (exact) mass is 274 g/mol. The summed E-state index contributed by atoms with van der Waals surface area (Å²) in [6.07, 6.45) is 6.23. The van der Waals surface area contributed by atoms with Gasteiger partial charge in [0.1, 0.15) is 0 Å². The van der Waals surface area contributed by atoms with E-state index >= 15 is 0 Å². The van der Waals surface area contributed by atoms with Crippen LogP contribution in [0.2, 0.25) is 0 Å². The number of hydrogen-bond donors (Lipinski definition) is 1. The van der Waals surface area contributed by atoms with Gasteiger partial charge in [-0.3, -0.25) is 4.90 Å². The third kappa shape index (κ3) is 3.25. The molecule has 1 aliphatic heterocycles. The minimum atomic E-state index is -2.81. The lowest BCUT2D eigenvalue weighted by Gasteiger charge is -2.42. The average Bonchev–Trinajstić information content (AvgIpc) is 2.53. The van der Waals surface area contributed by atoms with Crippen molar-refractivity contribution in [3.8, 4) is 0 Å². The molecule has 1 saturated heterocycles. The van der Waals surface area contributed by atoms with Gasteiger partial charge in [0.2, 0.25) is 0 Å². The first-order valence-electron chi connectivity index (χ1n) is 7.20. The normalized spacial score (nSPS) is 38.2. The molecule has 2 fully saturated rings. The van der Waals surface area contributed by atoms with E-state index in [1.807, 2.05) is 0 Å². The van der Waals surface area contributed by atoms with E-state index in [1.54, 1.807) is 0 Å². The number of nitrogens with zero attached hydrogens (tertiary/aromatic N) is 1. The summed E-state index contributed by atoms with van der Waals surface area (Å²) in [5, 5.41) is 0. The second-order valence-corrected chi connectivity index (χ2v) is 8.13. The van der Waals surface area contributed by atoms with Crippen molar-refractivity contribution in [1.82, 2.24) is 4.90 Å². The highest BCUT2D eigenvalue weighted by atomic mass is 32.2. The highest BCUT2D eigenvalue weighted by molar-refractivity contribution is 7.91. The van der Waals surface area contributed by atoms with Gasteiger partial charge in [-0.1, -0.05) is 19.3 Å². The molecule has 0 radical (unpaired) electrons. The molecule has 0 aromatic rings. The Hall–Kier alpha value is -0.130. The molecule has 106 valence electrons. The molecule has 3 unspecified atom stereocenters. The highest BCUT2D eigenvalue weighted by Gasteiger charge is 2.36. The van der Waals surface area contributed by atoms with Crippen LogP contribution >= 0.6 is 0 Å². The largest absolute Gasteiger partial charge is 0.330 e. The molecule has 1 saturated carbocycles. The predicted molar refractivity (Wildman–Crippen MR) is 74.2 cm³/mol. The lowest BCUT2D eigenvalue weighted by Crippen LogP contribution is -2.54. The zero-order chi connectivity index (χ0) is 13.2. The van der Waals surface area contributed by atoms with Gasteiger partial charge in [0.05, 0.1) is 11.5 Å². The molecule has 18 heavy (non-hydrogen) atoms. The zero-order valence-electron chi connectivity index (χ0n) is 11.3. The molecule has 0 aromatic heterocycles. The van der Waals surface area contributed by atoms with E-state index in [4.69, 9.17) is 5.73 Å². The van der Waals surface area contributed by atoms with Crippen LogP contribution in [0.1, 0.15) is 39.0 Å². The Labute approximate surface area is 111 Å². The van der Waals surface area contributed by atoms with Crippen LogP contribution < -0.4 is 5.73 Å². The Morgan fingerprint density at radius 3 is 2.61 bits per heavy atom. The van der Waals surface area contributed by atoms with E-state index in [-0.39, 0.29) is 6.04 Å². The van der Waals surface area contributed by atoms with Crippen LogP contribution in [0.5, 0.6) is 0 Å². The molecule has 0 spiro atoms. The van der Waals surface area contributed by atoms with Crippen molar-refractivity contribution in [3.63, 3.8) is 0 Å². The molecular weight excluding hydrogens is 248 g/mol. The number of hydrogen-bond acceptors (Lipinski definition) is 4. The summed E-state index contributed by atoms with van der Waals surface area (Å²) in [6, 6.07) is 0.656. The van der Waals surface area contributed by atoms with Gasteiger partial charge in [-0.15, -0.1) is 0 Å². The lowest BCUT2D eigenvalue weighted by atomic mass is 9.92. The Kier molecular flexibility index (Phi) is 4.67. The maximum Gasteiger partial charge on any atom is 0.153 e. The molecule has 2 rings (SSSR count). The van der Waals surface area contributed by atoms with Crippen molar-refractivity contribution < 1.29 is 8.42 Å². The fourth-order valence-electron chi connectivity index (χ4n) is 3.58. The minimum Gasteiger partial charge on any atom is -0.330 e. The molecule has 2 aliphatic rings. The van der Waals surface area contributed by atoms with E-state index in [2.05, 4.69) is 11.8 Å². The first-order chi connectivity index (χ1) is 8.53. The summed E-state index contributed by atoms with van der Waals surface area (Å²) in [5.74, 6) is 1.20. The lowest BCUT2D eigenvalue weighted by molar-refractivity contribution is 0.106. The third-order valence-corrected chi connectivity index (χ3v) is 6.36. The summed E-state index contributed by atoms with van der Waals surface area (Å²) in [6.45, 7) is 3.49. The van der Waals surface area contributed by atoms with Crippen LogP contribution in [0, 0.1) is 5.92 Å². The second kappa shape index (κ2) is 5.88. The molecule has 2 N–H and O–H groups in total. The Morgan fingerprint density at radius 2 is 1.94 bits per heavy atom. The fraction of sp³-hybridized carbons (Fsp3) is 1.00. The van der Waals surface area contributed by atoms with Gasteiger partial charge >= 0.3 is 0 Å². The summed E-state index contributed by atoms with van der Waals surface area (Å²) in [4.78, 5) is 2.42. The summed E-state index contributed by atoms with van der Waals surface area (Å²) < 4.78 is 23.3. The zero-order valence-corrected chi connectivity index (χ0v) is 12.2. The van der Waals surface area contributed by atoms with Crippen LogP contribution in [0.3, 0.4) is 0 Å². The maximum atomic E-state index is 11.7. The molecule has 4 nitrogen and oxygen atoms in total. The smallest absolute Gasteiger partial charge is 0.153 e. The predicted octanol–water partition coefficient (Wildman–Crippen LogP) is 1.01. The van der Waals surface area contributed by atoms with Crippen molar-refractivity contribution in [1.29, 1.82) is 0 Å². The van der Waals surface area contributed by atoms with Gasteiger partial charge in [-0.05, 0) is 32.2 Å². The highest BCUT2D eigenvalue weighted by Crippen LogP contribution is 2.29. The quantitative estimate of drug-likeness (QED) is 0.764. The molecule has 3 atom stereocenters. The van der Waals surface area contributed by atoms with Gasteiger partial charge in [0.25, 0.3) is 0 Å². The van der Waals surface area contributed by atoms with Crippen LogP contribution in [0.15, 0.2) is 0 Å². The van der Waals surface area contributed by atoms with Crippen LogP contribution in [0.4, 0.5) is 0 Å². The van der Waals surface area contributed by atoms with Gasteiger partial charge in [0.15, 0.2) is 9.84 Å². The molecular formula is C13H26N2O2S. The first kappa shape index (κ1) is 14.3. The second-order valence-electron chi connectivity index (χ2n) is 5.90. The van der Waals surface area contributed by atoms with E-state index < -0.39 is 9.84 Å². The van der Waals surface area contributed by atoms with Gasteiger partial charge in [0, 0.05) is 18.6 Å². The van der Waals surface area contributed by atoms with Crippen molar-refractivity contribution in [3.05, 3.63) is 0 Å². The Balaban J connectivity index is 2.08. The SMILES string of the molecule is CC1CS(=O)(=O)CCN1C1CCCCCC1CN. The summed E-state index contributed by atoms with van der Waals surface area (Å²) in [7, 11) is -2.81. The summed E-state index contributed by atoms with van der Waals surface area (Å²) in [5.41, 5.74) is 5.92. The number of sulfone groups is 1. The molecule has 0 amide bonds. The molecule has 0 bridgehead atoms. The molecule has 1 aliphatic carbocycles. The Morgan fingerprint density at radius 1 is 1.22 bits per heavy atom. The van der Waals surface area contributed by atoms with Crippen molar-refractivity contribution in [2.45, 2.75) is 51.1 Å². The van der Waals surface area contributed by atoms with E-state index in [0.717, 1.165) is 6.54 Å². The summed E-state index contributed by atoms with van der Waals surface area (Å²) >= 11 is 0. The standard InChI is InChI=1S/C13H26N2O2S/c1-11-10-18(16,17)8-7-15(11)13-6-4-2-3-5-12(13)9-14/h11-13H,2-10,14H2,1H3. The number of rotatable bonds is 2. The van der Waals surface area contributed by atoms with Crippen molar-refractivity contribution in [2.24, 2.45) is 11.7 Å². The fourth-order valence-corrected chi connectivity index (χ4v) is 5.16. The Bertz CT molecular complexity index is 369. The van der Waals surface area contributed by atoms with Gasteiger partial charge in [-0.2, -0.15) is 0 Å². The molecule has 0 aromatic carbocycles. The average molecular weight is 274 g/mol. The van der Waals surface area contributed by atoms with Crippen LogP contribution in [-0.4, -0.2) is 50.0 Å². The van der Waals surface area contributed by atoms with Gasteiger partial charge < -0.3 is 5.73 Å². The van der Waals surface area contributed by atoms with Crippen LogP contribution in [-0.2, 0) is 9.84 Å².